The van der Waals surface area contributed by atoms with E-state index in [9.17, 15) is 25.2 Å². The van der Waals surface area contributed by atoms with Crippen LogP contribution >= 0.6 is 0 Å². The summed E-state index contributed by atoms with van der Waals surface area (Å²) in [6, 6.07) is 0. The minimum absolute atomic E-state index is 0.0619. The van der Waals surface area contributed by atoms with Crippen molar-refractivity contribution >= 4 is 5.97 Å². The lowest BCUT2D eigenvalue weighted by Crippen LogP contribution is -2.59. The first-order valence-electron chi connectivity index (χ1n) is 22.3. The molecule has 6 atom stereocenters. The number of unbranched alkanes of at least 4 members (excludes halogenated alkanes) is 2. The molecule has 0 saturated carbocycles. The molecule has 9 nitrogen and oxygen atoms in total. The lowest BCUT2D eigenvalue weighted by molar-refractivity contribution is -0.305. The highest BCUT2D eigenvalue weighted by molar-refractivity contribution is 5.69. The fourth-order valence-corrected chi connectivity index (χ4v) is 5.67. The quantitative estimate of drug-likeness (QED) is 0.0280. The maximum Gasteiger partial charge on any atom is 0.306 e. The van der Waals surface area contributed by atoms with Crippen LogP contribution in [0.3, 0.4) is 0 Å². The van der Waals surface area contributed by atoms with E-state index >= 15 is 0 Å². The van der Waals surface area contributed by atoms with Crippen molar-refractivity contribution in [3.63, 3.8) is 0 Å². The number of carbonyl (C=O) groups is 1. The molecule has 0 radical (unpaired) electrons. The van der Waals surface area contributed by atoms with Crippen LogP contribution in [-0.4, -0.2) is 89.6 Å². The van der Waals surface area contributed by atoms with Gasteiger partial charge >= 0.3 is 5.97 Å². The van der Waals surface area contributed by atoms with Gasteiger partial charge in [-0.2, -0.15) is 0 Å². The molecule has 9 heteroatoms. The second kappa shape index (κ2) is 40.7. The molecule has 1 aliphatic rings. The topological polar surface area (TPSA) is 135 Å². The SMILES string of the molecule is CC/C=C\C/C=C\C/C=C\C/C=C\C/C=C\C/C=C\CCCCC(=O)OC(COCC/C=C\C/C=C\C/C=C\C/C=C\C/C=C\CC)COC1OC(CO)C(O)C(O)C1O. The molecule has 0 bridgehead atoms. The Morgan fingerprint density at radius 3 is 1.38 bits per heavy atom. The summed E-state index contributed by atoms with van der Waals surface area (Å²) >= 11 is 0. The van der Waals surface area contributed by atoms with Crippen LogP contribution in [-0.2, 0) is 23.7 Å². The molecular formula is C51H78O9. The molecule has 1 fully saturated rings. The minimum Gasteiger partial charge on any atom is -0.457 e. The van der Waals surface area contributed by atoms with Crippen LogP contribution in [0.2, 0.25) is 0 Å². The van der Waals surface area contributed by atoms with Gasteiger partial charge in [0.05, 0.1) is 26.4 Å². The van der Waals surface area contributed by atoms with Gasteiger partial charge in [0.1, 0.15) is 30.5 Å². The summed E-state index contributed by atoms with van der Waals surface area (Å²) in [6.07, 6.45) is 53.6. The highest BCUT2D eigenvalue weighted by Crippen LogP contribution is 2.22. The Morgan fingerprint density at radius 1 is 0.533 bits per heavy atom. The summed E-state index contributed by atoms with van der Waals surface area (Å²) in [7, 11) is 0. The third-order valence-corrected chi connectivity index (χ3v) is 9.08. The smallest absolute Gasteiger partial charge is 0.306 e. The highest BCUT2D eigenvalue weighted by atomic mass is 16.7. The third-order valence-electron chi connectivity index (χ3n) is 9.08. The van der Waals surface area contributed by atoms with Crippen LogP contribution in [0.25, 0.3) is 0 Å². The lowest BCUT2D eigenvalue weighted by Gasteiger charge is -2.39. The van der Waals surface area contributed by atoms with E-state index in [1.54, 1.807) is 0 Å². The van der Waals surface area contributed by atoms with E-state index in [4.69, 9.17) is 18.9 Å². The Kier molecular flexibility index (Phi) is 36.9. The largest absolute Gasteiger partial charge is 0.457 e. The normalized spacial score (nSPS) is 21.3. The summed E-state index contributed by atoms with van der Waals surface area (Å²) in [6.45, 7) is 4.01. The lowest BCUT2D eigenvalue weighted by atomic mass is 9.99. The second-order valence-corrected chi connectivity index (χ2v) is 14.4. The van der Waals surface area contributed by atoms with Crippen LogP contribution in [0.1, 0.15) is 117 Å². The molecule has 1 heterocycles. The number of aliphatic hydroxyl groups excluding tert-OH is 4. The van der Waals surface area contributed by atoms with Gasteiger partial charge in [0.15, 0.2) is 6.29 Å². The van der Waals surface area contributed by atoms with Crippen molar-refractivity contribution in [3.8, 4) is 0 Å². The zero-order valence-electron chi connectivity index (χ0n) is 36.6. The first-order valence-corrected chi connectivity index (χ1v) is 22.3. The third kappa shape index (κ3) is 31.2. The molecule has 1 rings (SSSR count). The minimum atomic E-state index is -1.57. The molecule has 1 aliphatic heterocycles. The summed E-state index contributed by atoms with van der Waals surface area (Å²) in [4.78, 5) is 12.8. The van der Waals surface area contributed by atoms with E-state index < -0.39 is 43.4 Å². The average Bonchev–Trinajstić information content (AvgIpc) is 3.25. The Bertz CT molecular complexity index is 1360. The van der Waals surface area contributed by atoms with E-state index in [0.717, 1.165) is 83.5 Å². The van der Waals surface area contributed by atoms with Gasteiger partial charge in [-0.15, -0.1) is 0 Å². The van der Waals surface area contributed by atoms with E-state index in [-0.39, 0.29) is 25.6 Å². The number of hydrogen-bond acceptors (Lipinski definition) is 9. The molecule has 4 N–H and O–H groups in total. The first kappa shape index (κ1) is 54.3. The standard InChI is InChI=1S/C51H78O9/c1-3-5-7-9-11-13-15-17-19-21-22-23-24-25-26-28-30-32-34-36-38-40-47(53)59-45(44-58-51-50(56)49(55)48(54)46(42-52)60-51)43-57-41-39-37-35-33-31-29-27-20-18-16-14-12-10-8-6-4-2/h5-8,11-14,17-20,22-23,25-26,29-32,35,37,45-46,48-52,54-56H,3-4,9-10,15-16,21,24,27-28,33-34,36,38-44H2,1-2H3/b7-5-,8-6-,13-11-,14-12-,19-17-,20-18-,23-22-,26-25-,31-29-,32-30-,37-35-. The zero-order chi connectivity index (χ0) is 43.6. The van der Waals surface area contributed by atoms with Crippen molar-refractivity contribution in [2.45, 2.75) is 153 Å². The number of esters is 1. The van der Waals surface area contributed by atoms with Crippen molar-refractivity contribution in [1.82, 2.24) is 0 Å². The van der Waals surface area contributed by atoms with Crippen LogP contribution < -0.4 is 0 Å². The Labute approximate surface area is 362 Å². The molecule has 0 aromatic carbocycles. The van der Waals surface area contributed by atoms with Gasteiger partial charge in [-0.1, -0.05) is 148 Å². The number of carbonyl (C=O) groups excluding carboxylic acids is 1. The number of rotatable bonds is 35. The van der Waals surface area contributed by atoms with Gasteiger partial charge in [-0.25, -0.2) is 0 Å². The van der Waals surface area contributed by atoms with Gasteiger partial charge in [0, 0.05) is 6.42 Å². The summed E-state index contributed by atoms with van der Waals surface area (Å²) < 4.78 is 22.6. The van der Waals surface area contributed by atoms with E-state index in [1.165, 1.54) is 0 Å². The van der Waals surface area contributed by atoms with Crippen molar-refractivity contribution in [3.05, 3.63) is 134 Å². The van der Waals surface area contributed by atoms with E-state index in [1.807, 2.05) is 6.08 Å². The van der Waals surface area contributed by atoms with Crippen LogP contribution in [0.5, 0.6) is 0 Å². The molecular weight excluding hydrogens is 757 g/mol. The van der Waals surface area contributed by atoms with Crippen molar-refractivity contribution in [2.24, 2.45) is 0 Å². The van der Waals surface area contributed by atoms with E-state index in [0.29, 0.717) is 19.4 Å². The number of allylic oxidation sites excluding steroid dienone is 21. The fourth-order valence-electron chi connectivity index (χ4n) is 5.67. The molecule has 0 aromatic rings. The first-order chi connectivity index (χ1) is 29.4. The predicted octanol–water partition coefficient (Wildman–Crippen LogP) is 10.1. The summed E-state index contributed by atoms with van der Waals surface area (Å²) in [5, 5.41) is 40.1. The van der Waals surface area contributed by atoms with Crippen LogP contribution in [0.15, 0.2) is 134 Å². The van der Waals surface area contributed by atoms with Crippen LogP contribution in [0, 0.1) is 0 Å². The summed E-state index contributed by atoms with van der Waals surface area (Å²) in [5.41, 5.74) is 0. The maximum atomic E-state index is 12.8. The highest BCUT2D eigenvalue weighted by Gasteiger charge is 2.44. The Balaban J connectivity index is 2.38. The second-order valence-electron chi connectivity index (χ2n) is 14.4. The molecule has 0 spiro atoms. The van der Waals surface area contributed by atoms with Gasteiger partial charge in [0.25, 0.3) is 0 Å². The number of hydrogen-bond donors (Lipinski definition) is 4. The number of ether oxygens (including phenoxy) is 4. The summed E-state index contributed by atoms with van der Waals surface area (Å²) in [5.74, 6) is -0.387. The molecule has 1 saturated heterocycles. The van der Waals surface area contributed by atoms with Crippen molar-refractivity contribution in [2.75, 3.05) is 26.4 Å². The molecule has 6 unspecified atom stereocenters. The molecule has 0 aromatic heterocycles. The molecule has 0 aliphatic carbocycles. The van der Waals surface area contributed by atoms with Gasteiger partial charge in [-0.3, -0.25) is 4.79 Å². The molecule has 0 amide bonds. The fraction of sp³-hybridized carbons (Fsp3) is 0.549. The predicted molar refractivity (Wildman–Crippen MR) is 246 cm³/mol. The zero-order valence-corrected chi connectivity index (χ0v) is 36.6. The Hall–Kier alpha value is -3.67. The van der Waals surface area contributed by atoms with Crippen molar-refractivity contribution < 1.29 is 44.2 Å². The van der Waals surface area contributed by atoms with E-state index in [2.05, 4.69) is 141 Å². The molecule has 336 valence electrons. The average molecular weight is 835 g/mol. The monoisotopic (exact) mass is 835 g/mol. The van der Waals surface area contributed by atoms with Gasteiger partial charge in [0.2, 0.25) is 0 Å². The maximum absolute atomic E-state index is 12.8. The van der Waals surface area contributed by atoms with Gasteiger partial charge < -0.3 is 39.4 Å². The number of aliphatic hydroxyl groups is 4. The van der Waals surface area contributed by atoms with Crippen molar-refractivity contribution in [1.29, 1.82) is 0 Å². The Morgan fingerprint density at radius 2 is 0.950 bits per heavy atom. The van der Waals surface area contributed by atoms with Gasteiger partial charge in [-0.05, 0) is 96.3 Å². The van der Waals surface area contributed by atoms with Crippen LogP contribution in [0.4, 0.5) is 0 Å². The molecule has 60 heavy (non-hydrogen) atoms.